The number of esters is 1. The van der Waals surface area contributed by atoms with Gasteiger partial charge in [-0.3, -0.25) is 4.79 Å². The lowest BCUT2D eigenvalue weighted by molar-refractivity contribution is -0.153. The maximum atomic E-state index is 11.3. The van der Waals surface area contributed by atoms with Crippen LogP contribution < -0.4 is 0 Å². The highest BCUT2D eigenvalue weighted by Gasteiger charge is 2.60. The van der Waals surface area contributed by atoms with Crippen molar-refractivity contribution in [2.24, 2.45) is 5.41 Å². The van der Waals surface area contributed by atoms with Gasteiger partial charge in [0.2, 0.25) is 0 Å². The van der Waals surface area contributed by atoms with E-state index in [0.29, 0.717) is 24.8 Å². The molecule has 5 nitrogen and oxygen atoms in total. The number of hydrogen-bond acceptors (Lipinski definition) is 4. The van der Waals surface area contributed by atoms with Crippen molar-refractivity contribution in [1.29, 1.82) is 5.26 Å². The Morgan fingerprint density at radius 1 is 1.48 bits per heavy atom. The van der Waals surface area contributed by atoms with E-state index < -0.39 is 23.0 Å². The number of nitrogens with zero attached hydrogens (tertiary/aromatic N) is 1. The van der Waals surface area contributed by atoms with Crippen LogP contribution in [0, 0.1) is 28.6 Å². The lowest BCUT2D eigenvalue weighted by Crippen LogP contribution is -2.39. The molecule has 5 heteroatoms. The first-order chi connectivity index (χ1) is 9.78. The molecule has 1 saturated carbocycles. The fourth-order valence-corrected chi connectivity index (χ4v) is 2.14. The summed E-state index contributed by atoms with van der Waals surface area (Å²) >= 11 is 0. The molecule has 0 unspecified atom stereocenters. The van der Waals surface area contributed by atoms with Gasteiger partial charge in [-0.1, -0.05) is 19.3 Å². The normalized spacial score (nSPS) is 18.5. The molecule has 0 amide bonds. The van der Waals surface area contributed by atoms with Gasteiger partial charge in [0.15, 0.2) is 5.60 Å². The molecule has 1 aliphatic rings. The van der Waals surface area contributed by atoms with E-state index in [1.807, 2.05) is 6.92 Å². The summed E-state index contributed by atoms with van der Waals surface area (Å²) in [6.45, 7) is 4.80. The molecule has 1 N–H and O–H groups in total. The van der Waals surface area contributed by atoms with E-state index in [4.69, 9.17) is 9.84 Å². The summed E-state index contributed by atoms with van der Waals surface area (Å²) in [5.74, 6) is 4.03. The minimum atomic E-state index is -1.21. The lowest BCUT2D eigenvalue weighted by Gasteiger charge is -2.28. The Kier molecular flexibility index (Phi) is 5.16. The monoisotopic (exact) mass is 289 g/mol. The van der Waals surface area contributed by atoms with Crippen molar-refractivity contribution in [1.82, 2.24) is 0 Å². The highest BCUT2D eigenvalue weighted by atomic mass is 16.6. The second-order valence-corrected chi connectivity index (χ2v) is 5.33. The van der Waals surface area contributed by atoms with Crippen molar-refractivity contribution in [3.05, 3.63) is 11.6 Å². The summed E-state index contributed by atoms with van der Waals surface area (Å²) in [7, 11) is 0. The van der Waals surface area contributed by atoms with Gasteiger partial charge in [0, 0.05) is 18.6 Å². The Labute approximate surface area is 124 Å². The molecule has 0 spiro atoms. The highest BCUT2D eigenvalue weighted by Crippen LogP contribution is 2.55. The molecule has 0 aromatic rings. The predicted octanol–water partition coefficient (Wildman–Crippen LogP) is 2.43. The molecule has 0 radical (unpaired) electrons. The van der Waals surface area contributed by atoms with Crippen molar-refractivity contribution in [2.75, 3.05) is 0 Å². The zero-order valence-corrected chi connectivity index (χ0v) is 12.5. The Hall–Kier alpha value is -2.27. The van der Waals surface area contributed by atoms with Crippen molar-refractivity contribution in [2.45, 2.75) is 52.1 Å². The van der Waals surface area contributed by atoms with Crippen molar-refractivity contribution in [3.8, 4) is 17.9 Å². The Morgan fingerprint density at radius 2 is 2.10 bits per heavy atom. The van der Waals surface area contributed by atoms with Gasteiger partial charge in [0.1, 0.15) is 5.41 Å². The maximum Gasteiger partial charge on any atom is 0.329 e. The number of rotatable bonds is 5. The number of hydrogen-bond donors (Lipinski definition) is 1. The standard InChI is InChI=1S/C16H19NO4/c1-4-5-13(10-14(19)20)6-7-15(3,21-12(2)18)16(11-17)8-9-16/h10H,4-5,8-9H2,1-3H3,(H,19,20)/b13-10-/t15-/m1/s1. The van der Waals surface area contributed by atoms with Gasteiger partial charge < -0.3 is 9.84 Å². The van der Waals surface area contributed by atoms with Crippen LogP contribution in [0.4, 0.5) is 0 Å². The molecule has 1 rings (SSSR count). The number of carboxylic acids is 1. The van der Waals surface area contributed by atoms with Gasteiger partial charge in [-0.15, -0.1) is 0 Å². The second kappa shape index (κ2) is 6.45. The van der Waals surface area contributed by atoms with Gasteiger partial charge >= 0.3 is 11.9 Å². The van der Waals surface area contributed by atoms with Crippen molar-refractivity contribution >= 4 is 11.9 Å². The van der Waals surface area contributed by atoms with Crippen LogP contribution in [0.2, 0.25) is 0 Å². The Bertz CT molecular complexity index is 569. The zero-order valence-electron chi connectivity index (χ0n) is 12.5. The minimum Gasteiger partial charge on any atom is -0.478 e. The molecular formula is C16H19NO4. The first-order valence-corrected chi connectivity index (χ1v) is 6.86. The smallest absolute Gasteiger partial charge is 0.329 e. The summed E-state index contributed by atoms with van der Waals surface area (Å²) in [5.41, 5.74) is -1.54. The third-order valence-electron chi connectivity index (χ3n) is 3.50. The molecule has 0 heterocycles. The van der Waals surface area contributed by atoms with Crippen LogP contribution in [0.15, 0.2) is 11.6 Å². The number of nitriles is 1. The van der Waals surface area contributed by atoms with Crippen LogP contribution in [0.1, 0.15) is 46.5 Å². The summed E-state index contributed by atoms with van der Waals surface area (Å²) < 4.78 is 5.28. The van der Waals surface area contributed by atoms with Crippen LogP contribution in [-0.4, -0.2) is 22.6 Å². The second-order valence-electron chi connectivity index (χ2n) is 5.33. The summed E-state index contributed by atoms with van der Waals surface area (Å²) in [5, 5.41) is 18.1. The predicted molar refractivity (Wildman–Crippen MR) is 75.9 cm³/mol. The average Bonchev–Trinajstić information content (AvgIpc) is 3.16. The van der Waals surface area contributed by atoms with Gasteiger partial charge in [0.25, 0.3) is 0 Å². The first kappa shape index (κ1) is 16.8. The van der Waals surface area contributed by atoms with E-state index in [0.717, 1.165) is 12.5 Å². The molecule has 0 aliphatic heterocycles. The molecule has 1 atom stereocenters. The van der Waals surface area contributed by atoms with Crippen LogP contribution in [-0.2, 0) is 14.3 Å². The fraction of sp³-hybridized carbons (Fsp3) is 0.562. The quantitative estimate of drug-likeness (QED) is 0.477. The molecule has 1 fully saturated rings. The molecule has 0 saturated heterocycles. The third-order valence-corrected chi connectivity index (χ3v) is 3.50. The molecule has 0 bridgehead atoms. The largest absolute Gasteiger partial charge is 0.478 e. The lowest BCUT2D eigenvalue weighted by atomic mass is 9.86. The van der Waals surface area contributed by atoms with E-state index in [1.54, 1.807) is 6.92 Å². The first-order valence-electron chi connectivity index (χ1n) is 6.86. The number of aliphatic carboxylic acids is 1. The number of ether oxygens (including phenoxy) is 1. The van der Waals surface area contributed by atoms with E-state index in [9.17, 15) is 14.9 Å². The van der Waals surface area contributed by atoms with Gasteiger partial charge in [-0.05, 0) is 32.1 Å². The number of allylic oxidation sites excluding steroid dienone is 1. The van der Waals surface area contributed by atoms with Gasteiger partial charge in [-0.2, -0.15) is 5.26 Å². The number of carbonyl (C=O) groups excluding carboxylic acids is 1. The third kappa shape index (κ3) is 4.10. The molecule has 1 aliphatic carbocycles. The molecule has 0 aromatic carbocycles. The topological polar surface area (TPSA) is 87.4 Å². The van der Waals surface area contributed by atoms with Crippen molar-refractivity contribution in [3.63, 3.8) is 0 Å². The minimum absolute atomic E-state index is 0.456. The van der Waals surface area contributed by atoms with Crippen LogP contribution in [0.3, 0.4) is 0 Å². The van der Waals surface area contributed by atoms with Crippen LogP contribution in [0.5, 0.6) is 0 Å². The SMILES string of the molecule is CCC/C(C#C[C@@](C)(OC(C)=O)C1(C#N)CC1)=C/C(=O)O. The highest BCUT2D eigenvalue weighted by molar-refractivity contribution is 5.81. The van der Waals surface area contributed by atoms with Crippen LogP contribution >= 0.6 is 0 Å². The summed E-state index contributed by atoms with van der Waals surface area (Å²) in [6.07, 6.45) is 3.56. The average molecular weight is 289 g/mol. The van der Waals surface area contributed by atoms with Crippen LogP contribution in [0.25, 0.3) is 0 Å². The number of carboxylic acid groups (broad SMARTS) is 1. The van der Waals surface area contributed by atoms with E-state index in [1.165, 1.54) is 6.92 Å². The fourth-order valence-electron chi connectivity index (χ4n) is 2.14. The van der Waals surface area contributed by atoms with E-state index in [-0.39, 0.29) is 0 Å². The summed E-state index contributed by atoms with van der Waals surface area (Å²) in [4.78, 5) is 22.1. The Morgan fingerprint density at radius 3 is 2.48 bits per heavy atom. The van der Waals surface area contributed by atoms with Gasteiger partial charge in [-0.25, -0.2) is 4.79 Å². The molecule has 112 valence electrons. The molecule has 0 aromatic heterocycles. The summed E-state index contributed by atoms with van der Waals surface area (Å²) in [6, 6.07) is 2.18. The van der Waals surface area contributed by atoms with E-state index >= 15 is 0 Å². The van der Waals surface area contributed by atoms with Crippen molar-refractivity contribution < 1.29 is 19.4 Å². The maximum absolute atomic E-state index is 11.3. The molecule has 21 heavy (non-hydrogen) atoms. The zero-order chi connectivity index (χ0) is 16.1. The number of carbonyl (C=O) groups is 2. The van der Waals surface area contributed by atoms with Gasteiger partial charge in [0.05, 0.1) is 6.07 Å². The van der Waals surface area contributed by atoms with E-state index in [2.05, 4.69) is 17.9 Å². The molecular weight excluding hydrogens is 270 g/mol. The Balaban J connectivity index is 3.14.